The Bertz CT molecular complexity index is 609. The van der Waals surface area contributed by atoms with E-state index in [9.17, 15) is 14.4 Å². The first-order valence-electron chi connectivity index (χ1n) is 5.35. The molecule has 0 aliphatic carbocycles. The third-order valence-electron chi connectivity index (χ3n) is 2.80. The van der Waals surface area contributed by atoms with Crippen LogP contribution in [0.1, 0.15) is 10.4 Å². The van der Waals surface area contributed by atoms with Gasteiger partial charge in [-0.3, -0.25) is 14.4 Å². The van der Waals surface area contributed by atoms with Gasteiger partial charge < -0.3 is 5.32 Å². The molecule has 0 fully saturated rings. The molecule has 2 heterocycles. The standard InChI is InChI=1S/C12H8N2O3S/c15-8-5-18-12(14-8)9-10(16)6-3-1-2-4-7(6)13-11(9)17/h1-4,9H,5H2,(H,13,17). The van der Waals surface area contributed by atoms with Crippen LogP contribution in [0.15, 0.2) is 29.3 Å². The predicted molar refractivity (Wildman–Crippen MR) is 67.8 cm³/mol. The maximum Gasteiger partial charge on any atom is 0.256 e. The second-order valence-corrected chi connectivity index (χ2v) is 4.96. The van der Waals surface area contributed by atoms with Gasteiger partial charge in [-0.2, -0.15) is 0 Å². The van der Waals surface area contributed by atoms with Crippen LogP contribution in [0.4, 0.5) is 5.69 Å². The molecule has 0 bridgehead atoms. The van der Waals surface area contributed by atoms with Crippen molar-refractivity contribution in [1.29, 1.82) is 0 Å². The summed E-state index contributed by atoms with van der Waals surface area (Å²) >= 11 is 1.16. The minimum atomic E-state index is -0.976. The molecule has 0 aromatic heterocycles. The van der Waals surface area contributed by atoms with Crippen LogP contribution in [0.25, 0.3) is 0 Å². The van der Waals surface area contributed by atoms with Crippen molar-refractivity contribution in [2.24, 2.45) is 10.9 Å². The molecule has 5 nitrogen and oxygen atoms in total. The molecule has 2 aliphatic heterocycles. The lowest BCUT2D eigenvalue weighted by atomic mass is 9.92. The van der Waals surface area contributed by atoms with Crippen LogP contribution in [0.3, 0.4) is 0 Å². The van der Waals surface area contributed by atoms with Crippen molar-refractivity contribution in [2.45, 2.75) is 0 Å². The molecule has 2 amide bonds. The number of anilines is 1. The van der Waals surface area contributed by atoms with Gasteiger partial charge in [-0.25, -0.2) is 4.99 Å². The highest BCUT2D eigenvalue weighted by Crippen LogP contribution is 2.30. The third-order valence-corrected chi connectivity index (χ3v) is 3.81. The number of para-hydroxylation sites is 1. The van der Waals surface area contributed by atoms with Gasteiger partial charge in [0.05, 0.1) is 16.5 Å². The second-order valence-electron chi connectivity index (χ2n) is 3.96. The first-order valence-corrected chi connectivity index (χ1v) is 6.33. The van der Waals surface area contributed by atoms with Gasteiger partial charge in [0.15, 0.2) is 5.78 Å². The van der Waals surface area contributed by atoms with E-state index < -0.39 is 11.8 Å². The Balaban J connectivity index is 2.04. The fourth-order valence-corrected chi connectivity index (χ4v) is 2.86. The van der Waals surface area contributed by atoms with Gasteiger partial charge in [0.25, 0.3) is 5.91 Å². The van der Waals surface area contributed by atoms with Crippen molar-refractivity contribution in [1.82, 2.24) is 0 Å². The minimum Gasteiger partial charge on any atom is -0.324 e. The van der Waals surface area contributed by atoms with E-state index in [0.29, 0.717) is 16.3 Å². The topological polar surface area (TPSA) is 75.6 Å². The van der Waals surface area contributed by atoms with Gasteiger partial charge in [-0.05, 0) is 12.1 Å². The summed E-state index contributed by atoms with van der Waals surface area (Å²) in [6, 6.07) is 6.82. The van der Waals surface area contributed by atoms with Crippen molar-refractivity contribution in [2.75, 3.05) is 11.1 Å². The number of hydrogen-bond donors (Lipinski definition) is 1. The van der Waals surface area contributed by atoms with E-state index >= 15 is 0 Å². The Labute approximate surface area is 107 Å². The van der Waals surface area contributed by atoms with Crippen molar-refractivity contribution in [3.05, 3.63) is 29.8 Å². The second kappa shape index (κ2) is 4.06. The van der Waals surface area contributed by atoms with Crippen molar-refractivity contribution in [3.63, 3.8) is 0 Å². The molecule has 3 rings (SSSR count). The molecule has 1 aromatic rings. The summed E-state index contributed by atoms with van der Waals surface area (Å²) in [4.78, 5) is 39.0. The number of fused-ring (bicyclic) bond motifs is 1. The lowest BCUT2D eigenvalue weighted by molar-refractivity contribution is -0.117. The van der Waals surface area contributed by atoms with Crippen molar-refractivity contribution < 1.29 is 14.4 Å². The Kier molecular flexibility index (Phi) is 2.52. The monoisotopic (exact) mass is 260 g/mol. The van der Waals surface area contributed by atoms with E-state index in [0.717, 1.165) is 11.8 Å². The molecule has 1 N–H and O–H groups in total. The number of Topliss-reactive ketones (excluding diaryl/α,β-unsaturated/α-hetero) is 1. The Hall–Kier alpha value is -1.95. The van der Waals surface area contributed by atoms with Gasteiger partial charge in [0, 0.05) is 5.56 Å². The molecular weight excluding hydrogens is 252 g/mol. The van der Waals surface area contributed by atoms with Crippen LogP contribution in [0, 0.1) is 5.92 Å². The maximum atomic E-state index is 12.3. The molecule has 0 saturated heterocycles. The average molecular weight is 260 g/mol. The highest BCUT2D eigenvalue weighted by atomic mass is 32.2. The molecule has 0 saturated carbocycles. The summed E-state index contributed by atoms with van der Waals surface area (Å²) in [5.41, 5.74) is 0.975. The maximum absolute atomic E-state index is 12.3. The largest absolute Gasteiger partial charge is 0.324 e. The summed E-state index contributed by atoms with van der Waals surface area (Å²) in [6.07, 6.45) is 0. The van der Waals surface area contributed by atoms with E-state index in [1.807, 2.05) is 0 Å². The smallest absolute Gasteiger partial charge is 0.256 e. The molecular formula is C12H8N2O3S. The van der Waals surface area contributed by atoms with E-state index in [2.05, 4.69) is 10.3 Å². The van der Waals surface area contributed by atoms with Gasteiger partial charge in [-0.15, -0.1) is 0 Å². The number of carbonyl (C=O) groups excluding carboxylic acids is 3. The summed E-state index contributed by atoms with van der Waals surface area (Å²) in [7, 11) is 0. The zero-order valence-electron chi connectivity index (χ0n) is 9.17. The van der Waals surface area contributed by atoms with Gasteiger partial charge in [0.2, 0.25) is 5.91 Å². The number of aliphatic imine (C=N–C) groups is 1. The molecule has 90 valence electrons. The number of rotatable bonds is 1. The van der Waals surface area contributed by atoms with Gasteiger partial charge in [0.1, 0.15) is 5.92 Å². The average Bonchev–Trinajstić information content (AvgIpc) is 2.76. The fourth-order valence-electron chi connectivity index (χ4n) is 1.98. The first-order chi connectivity index (χ1) is 8.66. The van der Waals surface area contributed by atoms with E-state index in [1.54, 1.807) is 24.3 Å². The van der Waals surface area contributed by atoms with E-state index in [-0.39, 0.29) is 17.4 Å². The fraction of sp³-hybridized carbons (Fsp3) is 0.167. The summed E-state index contributed by atoms with van der Waals surface area (Å²) in [5, 5.41) is 2.97. The van der Waals surface area contributed by atoms with Crippen LogP contribution < -0.4 is 5.32 Å². The number of nitrogens with one attached hydrogen (secondary N) is 1. The van der Waals surface area contributed by atoms with Crippen LogP contribution in [0.5, 0.6) is 0 Å². The first kappa shape index (κ1) is 11.2. The Morgan fingerprint density at radius 2 is 2.00 bits per heavy atom. The molecule has 18 heavy (non-hydrogen) atoms. The third kappa shape index (κ3) is 1.65. The SMILES string of the molecule is O=C1CSC(C2C(=O)Nc3ccccc3C2=O)=N1. The molecule has 1 unspecified atom stereocenters. The number of carbonyl (C=O) groups is 3. The highest BCUT2D eigenvalue weighted by molar-refractivity contribution is 8.15. The number of hydrogen-bond acceptors (Lipinski definition) is 4. The zero-order valence-corrected chi connectivity index (χ0v) is 9.99. The molecule has 2 aliphatic rings. The minimum absolute atomic E-state index is 0.202. The summed E-state index contributed by atoms with van der Waals surface area (Å²) in [5.74, 6) is -1.78. The van der Waals surface area contributed by atoms with Crippen LogP contribution in [0.2, 0.25) is 0 Å². The molecule has 1 aromatic carbocycles. The summed E-state index contributed by atoms with van der Waals surface area (Å²) < 4.78 is 0. The molecule has 0 radical (unpaired) electrons. The van der Waals surface area contributed by atoms with Gasteiger partial charge in [-0.1, -0.05) is 23.9 Å². The van der Waals surface area contributed by atoms with E-state index in [1.165, 1.54) is 0 Å². The van der Waals surface area contributed by atoms with Crippen molar-refractivity contribution in [3.8, 4) is 0 Å². The lowest BCUT2D eigenvalue weighted by Gasteiger charge is -2.22. The van der Waals surface area contributed by atoms with Gasteiger partial charge >= 0.3 is 0 Å². The number of ketones is 1. The van der Waals surface area contributed by atoms with Crippen LogP contribution >= 0.6 is 11.8 Å². The lowest BCUT2D eigenvalue weighted by Crippen LogP contribution is -2.39. The van der Waals surface area contributed by atoms with Crippen LogP contribution in [-0.2, 0) is 9.59 Å². The van der Waals surface area contributed by atoms with Crippen LogP contribution in [-0.4, -0.2) is 28.4 Å². The number of nitrogens with zero attached hydrogens (tertiary/aromatic N) is 1. The zero-order chi connectivity index (χ0) is 12.7. The molecule has 1 atom stereocenters. The Morgan fingerprint density at radius 1 is 1.22 bits per heavy atom. The number of amides is 2. The number of benzene rings is 1. The van der Waals surface area contributed by atoms with E-state index in [4.69, 9.17) is 0 Å². The molecule has 0 spiro atoms. The predicted octanol–water partition coefficient (Wildman–Crippen LogP) is 1.11. The molecule has 6 heteroatoms. The van der Waals surface area contributed by atoms with Crippen molar-refractivity contribution >= 4 is 40.1 Å². The quantitative estimate of drug-likeness (QED) is 0.767. The normalized spacial score (nSPS) is 22.6. The highest BCUT2D eigenvalue weighted by Gasteiger charge is 2.40. The summed E-state index contributed by atoms with van der Waals surface area (Å²) in [6.45, 7) is 0. The Morgan fingerprint density at radius 3 is 2.72 bits per heavy atom. The number of thioether (sulfide) groups is 1.